The van der Waals surface area contributed by atoms with Gasteiger partial charge in [0.1, 0.15) is 5.82 Å². The zero-order valence-corrected chi connectivity index (χ0v) is 11.2. The Balaban J connectivity index is 2.55. The van der Waals surface area contributed by atoms with Gasteiger partial charge in [0, 0.05) is 12.4 Å². The van der Waals surface area contributed by atoms with Crippen molar-refractivity contribution in [2.75, 3.05) is 10.5 Å². The molecule has 0 atom stereocenters. The molecule has 0 aliphatic rings. The molecule has 1 aromatic heterocycles. The lowest BCUT2D eigenvalue weighted by Gasteiger charge is -2.13. The van der Waals surface area contributed by atoms with E-state index in [1.807, 2.05) is 0 Å². The summed E-state index contributed by atoms with van der Waals surface area (Å²) in [5, 5.41) is 0. The van der Waals surface area contributed by atoms with Crippen molar-refractivity contribution >= 4 is 21.7 Å². The number of aryl methyl sites for hydroxylation is 1. The number of imidazole rings is 1. The average Bonchev–Trinajstić information content (AvgIpc) is 2.77. The van der Waals surface area contributed by atoms with Gasteiger partial charge in [0.25, 0.3) is 10.0 Å². The summed E-state index contributed by atoms with van der Waals surface area (Å²) in [4.78, 5) is 6.36. The predicted octanol–water partition coefficient (Wildman–Crippen LogP) is 1.55. The predicted molar refractivity (Wildman–Crippen MR) is 69.7 cm³/mol. The first-order valence-electron chi connectivity index (χ1n) is 5.40. The van der Waals surface area contributed by atoms with Crippen LogP contribution in [-0.2, 0) is 10.0 Å². The molecule has 6 nitrogen and oxygen atoms in total. The van der Waals surface area contributed by atoms with Crippen LogP contribution in [0.4, 0.5) is 16.0 Å². The van der Waals surface area contributed by atoms with E-state index in [1.165, 1.54) is 26.2 Å². The number of nitrogens with one attached hydrogen (secondary N) is 2. The number of hydrogen-bond acceptors (Lipinski definition) is 4. The molecule has 0 saturated heterocycles. The fraction of sp³-hybridized carbons (Fsp3) is 0.182. The number of aromatic nitrogens is 2. The van der Waals surface area contributed by atoms with E-state index in [0.717, 1.165) is 6.07 Å². The third kappa shape index (κ3) is 2.39. The minimum absolute atomic E-state index is 0.0391. The van der Waals surface area contributed by atoms with Crippen LogP contribution < -0.4 is 10.5 Å². The molecule has 0 saturated carbocycles. The second-order valence-electron chi connectivity index (χ2n) is 4.09. The van der Waals surface area contributed by atoms with Crippen LogP contribution in [0.15, 0.2) is 23.4 Å². The Morgan fingerprint density at radius 3 is 2.68 bits per heavy atom. The van der Waals surface area contributed by atoms with Gasteiger partial charge >= 0.3 is 0 Å². The minimum Gasteiger partial charge on any atom is -0.396 e. The number of benzene rings is 1. The topological polar surface area (TPSA) is 101 Å². The Labute approximate surface area is 109 Å². The first-order chi connectivity index (χ1) is 8.83. The Kier molecular flexibility index (Phi) is 3.19. The van der Waals surface area contributed by atoms with E-state index in [1.54, 1.807) is 0 Å². The number of aromatic amines is 1. The van der Waals surface area contributed by atoms with Crippen molar-refractivity contribution < 1.29 is 12.8 Å². The van der Waals surface area contributed by atoms with Crippen molar-refractivity contribution in [3.05, 3.63) is 35.4 Å². The van der Waals surface area contributed by atoms with Crippen molar-refractivity contribution in [3.63, 3.8) is 0 Å². The molecule has 0 spiro atoms. The van der Waals surface area contributed by atoms with Crippen LogP contribution in [0.25, 0.3) is 0 Å². The number of nitrogen functional groups attached to an aromatic ring is 1. The number of hydrogen-bond donors (Lipinski definition) is 3. The first kappa shape index (κ1) is 13.3. The molecule has 2 rings (SSSR count). The Morgan fingerprint density at radius 2 is 2.11 bits per heavy atom. The normalized spacial score (nSPS) is 11.5. The summed E-state index contributed by atoms with van der Waals surface area (Å²) in [6.07, 6.45) is 2.90. The van der Waals surface area contributed by atoms with Gasteiger partial charge in [0.05, 0.1) is 10.6 Å². The summed E-state index contributed by atoms with van der Waals surface area (Å²) in [5.41, 5.74) is 5.81. The van der Waals surface area contributed by atoms with Crippen LogP contribution in [0.5, 0.6) is 0 Å². The van der Waals surface area contributed by atoms with E-state index in [4.69, 9.17) is 5.73 Å². The summed E-state index contributed by atoms with van der Waals surface area (Å²) >= 11 is 0. The van der Waals surface area contributed by atoms with Gasteiger partial charge in [-0.25, -0.2) is 22.5 Å². The van der Waals surface area contributed by atoms with Gasteiger partial charge in [-0.1, -0.05) is 0 Å². The molecule has 0 aliphatic carbocycles. The lowest BCUT2D eigenvalue weighted by atomic mass is 10.1. The number of anilines is 2. The lowest BCUT2D eigenvalue weighted by Crippen LogP contribution is -2.17. The molecule has 0 unspecified atom stereocenters. The molecule has 102 valence electrons. The molecule has 4 N–H and O–H groups in total. The van der Waals surface area contributed by atoms with Gasteiger partial charge in [-0.2, -0.15) is 0 Å². The van der Waals surface area contributed by atoms with E-state index < -0.39 is 15.8 Å². The summed E-state index contributed by atoms with van der Waals surface area (Å²) in [7, 11) is -3.87. The van der Waals surface area contributed by atoms with Gasteiger partial charge in [0.15, 0.2) is 0 Å². The molecule has 1 heterocycles. The van der Waals surface area contributed by atoms with Crippen molar-refractivity contribution in [1.82, 2.24) is 9.97 Å². The smallest absolute Gasteiger partial charge is 0.264 e. The molecule has 8 heteroatoms. The maximum absolute atomic E-state index is 13.4. The highest BCUT2D eigenvalue weighted by atomic mass is 32.2. The number of rotatable bonds is 3. The molecule has 2 aromatic rings. The van der Waals surface area contributed by atoms with Crippen molar-refractivity contribution in [3.8, 4) is 0 Å². The van der Waals surface area contributed by atoms with Gasteiger partial charge in [-0.15, -0.1) is 0 Å². The Morgan fingerprint density at radius 1 is 1.42 bits per heavy atom. The highest BCUT2D eigenvalue weighted by Crippen LogP contribution is 2.28. The van der Waals surface area contributed by atoms with Crippen LogP contribution in [0.1, 0.15) is 11.1 Å². The van der Waals surface area contributed by atoms with Crippen molar-refractivity contribution in [1.29, 1.82) is 0 Å². The SMILES string of the molecule is Cc1cc(F)c(N)c(C)c1S(=O)(=O)Nc1ncc[nH]1. The van der Waals surface area contributed by atoms with Crippen molar-refractivity contribution in [2.24, 2.45) is 0 Å². The number of nitrogens with two attached hydrogens (primary N) is 1. The van der Waals surface area contributed by atoms with E-state index >= 15 is 0 Å². The number of halogens is 1. The summed E-state index contributed by atoms with van der Waals surface area (Å²) in [5.74, 6) is -0.548. The van der Waals surface area contributed by atoms with E-state index in [9.17, 15) is 12.8 Å². The summed E-state index contributed by atoms with van der Waals surface area (Å²) in [6.45, 7) is 2.97. The van der Waals surface area contributed by atoms with Crippen molar-refractivity contribution in [2.45, 2.75) is 18.7 Å². The van der Waals surface area contributed by atoms with Gasteiger partial charge in [0.2, 0.25) is 5.95 Å². The fourth-order valence-electron chi connectivity index (χ4n) is 1.84. The van der Waals surface area contributed by atoms with Crippen LogP contribution in [0.2, 0.25) is 0 Å². The van der Waals surface area contributed by atoms with Crippen LogP contribution >= 0.6 is 0 Å². The molecule has 1 aromatic carbocycles. The Bertz CT molecular complexity index is 711. The summed E-state index contributed by atoms with van der Waals surface area (Å²) < 4.78 is 40.2. The zero-order valence-electron chi connectivity index (χ0n) is 10.4. The highest BCUT2D eigenvalue weighted by Gasteiger charge is 2.23. The number of H-pyrrole nitrogens is 1. The van der Waals surface area contributed by atoms with E-state index in [-0.39, 0.29) is 27.7 Å². The van der Waals surface area contributed by atoms with E-state index in [2.05, 4.69) is 14.7 Å². The minimum atomic E-state index is -3.87. The number of nitrogens with zero attached hydrogens (tertiary/aromatic N) is 1. The molecular weight excluding hydrogens is 271 g/mol. The highest BCUT2D eigenvalue weighted by molar-refractivity contribution is 7.92. The van der Waals surface area contributed by atoms with Gasteiger partial charge in [-0.05, 0) is 31.0 Å². The third-order valence-corrected chi connectivity index (χ3v) is 4.33. The first-order valence-corrected chi connectivity index (χ1v) is 6.88. The maximum Gasteiger partial charge on any atom is 0.264 e. The quantitative estimate of drug-likeness (QED) is 0.744. The van der Waals surface area contributed by atoms with Crippen LogP contribution in [0, 0.1) is 19.7 Å². The van der Waals surface area contributed by atoms with Gasteiger partial charge < -0.3 is 10.7 Å². The standard InChI is InChI=1S/C11H13FN4O2S/c1-6-5-8(12)9(13)7(2)10(6)19(17,18)16-11-14-3-4-15-11/h3-5H,13H2,1-2H3,(H2,14,15,16). The molecule has 0 amide bonds. The van der Waals surface area contributed by atoms with Crippen LogP contribution in [-0.4, -0.2) is 18.4 Å². The fourth-order valence-corrected chi connectivity index (χ4v) is 3.31. The lowest BCUT2D eigenvalue weighted by molar-refractivity contribution is 0.598. The molecule has 0 radical (unpaired) electrons. The summed E-state index contributed by atoms with van der Waals surface area (Å²) in [6, 6.07) is 1.10. The number of sulfonamides is 1. The van der Waals surface area contributed by atoms with E-state index in [0.29, 0.717) is 0 Å². The molecule has 0 aliphatic heterocycles. The second kappa shape index (κ2) is 4.54. The average molecular weight is 284 g/mol. The molecule has 19 heavy (non-hydrogen) atoms. The third-order valence-electron chi connectivity index (χ3n) is 2.70. The largest absolute Gasteiger partial charge is 0.396 e. The monoisotopic (exact) mass is 284 g/mol. The van der Waals surface area contributed by atoms with Crippen LogP contribution in [0.3, 0.4) is 0 Å². The molecular formula is C11H13FN4O2S. The van der Waals surface area contributed by atoms with Gasteiger partial charge in [-0.3, -0.25) is 0 Å². The second-order valence-corrected chi connectivity index (χ2v) is 5.71. The maximum atomic E-state index is 13.4. The Hall–Kier alpha value is -2.09. The zero-order chi connectivity index (χ0) is 14.2. The molecule has 0 bridgehead atoms. The molecule has 0 fully saturated rings.